The molecule has 112 valence electrons. The summed E-state index contributed by atoms with van der Waals surface area (Å²) in [7, 11) is 1.85. The van der Waals surface area contributed by atoms with Gasteiger partial charge in [-0.05, 0) is 50.9 Å². The quantitative estimate of drug-likeness (QED) is 0.855. The van der Waals surface area contributed by atoms with Gasteiger partial charge in [-0.15, -0.1) is 0 Å². The molecule has 2 N–H and O–H groups in total. The molecule has 2 aliphatic rings. The zero-order valence-corrected chi connectivity index (χ0v) is 13.2. The smallest absolute Gasteiger partial charge is 0.0589 e. The number of hydrogen-bond acceptors (Lipinski definition) is 3. The maximum absolute atomic E-state index is 6.24. The first-order valence-electron chi connectivity index (χ1n) is 8.02. The van der Waals surface area contributed by atoms with Gasteiger partial charge in [0.25, 0.3) is 0 Å². The van der Waals surface area contributed by atoms with E-state index in [1.807, 2.05) is 7.11 Å². The molecule has 0 aromatic rings. The Morgan fingerprint density at radius 1 is 1.32 bits per heavy atom. The van der Waals surface area contributed by atoms with Crippen molar-refractivity contribution in [2.45, 2.75) is 70.6 Å². The lowest BCUT2D eigenvalue weighted by molar-refractivity contribution is -0.0700. The van der Waals surface area contributed by atoms with Crippen molar-refractivity contribution in [3.05, 3.63) is 0 Å². The maximum atomic E-state index is 6.24. The van der Waals surface area contributed by atoms with E-state index in [0.717, 1.165) is 24.8 Å². The average Bonchev–Trinajstić information content (AvgIpc) is 2.42. The Balaban J connectivity index is 2.19. The van der Waals surface area contributed by atoms with Gasteiger partial charge in [-0.2, -0.15) is 0 Å². The van der Waals surface area contributed by atoms with Gasteiger partial charge in [-0.3, -0.25) is 4.90 Å². The molecule has 19 heavy (non-hydrogen) atoms. The van der Waals surface area contributed by atoms with Crippen molar-refractivity contribution >= 4 is 0 Å². The molecule has 0 radical (unpaired) electrons. The van der Waals surface area contributed by atoms with Crippen LogP contribution in [0.1, 0.15) is 52.9 Å². The summed E-state index contributed by atoms with van der Waals surface area (Å²) >= 11 is 0. The van der Waals surface area contributed by atoms with E-state index in [1.54, 1.807) is 0 Å². The lowest BCUT2D eigenvalue weighted by Crippen LogP contribution is -2.63. The fourth-order valence-electron chi connectivity index (χ4n) is 4.39. The molecular weight excluding hydrogens is 236 g/mol. The summed E-state index contributed by atoms with van der Waals surface area (Å²) in [5.41, 5.74) is 6.42. The van der Waals surface area contributed by atoms with Crippen LogP contribution in [0.2, 0.25) is 0 Å². The molecule has 1 saturated heterocycles. The van der Waals surface area contributed by atoms with Crippen molar-refractivity contribution < 1.29 is 4.74 Å². The first-order chi connectivity index (χ1) is 9.02. The van der Waals surface area contributed by atoms with Crippen LogP contribution >= 0.6 is 0 Å². The molecule has 3 heteroatoms. The zero-order chi connectivity index (χ0) is 14.0. The monoisotopic (exact) mass is 268 g/mol. The lowest BCUT2D eigenvalue weighted by Gasteiger charge is -2.55. The molecule has 0 spiro atoms. The van der Waals surface area contributed by atoms with Crippen LogP contribution in [0.15, 0.2) is 0 Å². The van der Waals surface area contributed by atoms with E-state index in [-0.39, 0.29) is 5.54 Å². The molecule has 1 aliphatic heterocycles. The Morgan fingerprint density at radius 3 is 2.68 bits per heavy atom. The van der Waals surface area contributed by atoms with E-state index in [9.17, 15) is 0 Å². The van der Waals surface area contributed by atoms with Gasteiger partial charge in [0.1, 0.15) is 0 Å². The number of methoxy groups -OCH3 is 1. The van der Waals surface area contributed by atoms with E-state index in [0.29, 0.717) is 12.1 Å². The standard InChI is InChI=1S/C16H32N2O/c1-12-8-13(2)14(3)18(10-12)16(11-17)7-5-6-15(9-16)19-4/h12-15H,5-11,17H2,1-4H3. The molecule has 2 rings (SSSR count). The van der Waals surface area contributed by atoms with Gasteiger partial charge in [0.2, 0.25) is 0 Å². The van der Waals surface area contributed by atoms with Crippen molar-refractivity contribution in [1.29, 1.82) is 0 Å². The van der Waals surface area contributed by atoms with Crippen molar-refractivity contribution in [3.63, 3.8) is 0 Å². The summed E-state index contributed by atoms with van der Waals surface area (Å²) in [5, 5.41) is 0. The summed E-state index contributed by atoms with van der Waals surface area (Å²) in [4.78, 5) is 2.73. The fourth-order valence-corrected chi connectivity index (χ4v) is 4.39. The van der Waals surface area contributed by atoms with E-state index in [2.05, 4.69) is 25.7 Å². The van der Waals surface area contributed by atoms with E-state index in [1.165, 1.54) is 32.2 Å². The second-order valence-electron chi connectivity index (χ2n) is 7.09. The van der Waals surface area contributed by atoms with Crippen molar-refractivity contribution in [2.24, 2.45) is 17.6 Å². The lowest BCUT2D eigenvalue weighted by atomic mass is 9.74. The normalized spacial score (nSPS) is 45.3. The van der Waals surface area contributed by atoms with Crippen molar-refractivity contribution in [2.75, 3.05) is 20.2 Å². The Labute approximate surface area is 118 Å². The van der Waals surface area contributed by atoms with Gasteiger partial charge >= 0.3 is 0 Å². The van der Waals surface area contributed by atoms with Crippen molar-refractivity contribution in [1.82, 2.24) is 4.90 Å². The topological polar surface area (TPSA) is 38.5 Å². The number of nitrogens with two attached hydrogens (primary N) is 1. The molecular formula is C16H32N2O. The first kappa shape index (κ1) is 15.3. The third-order valence-electron chi connectivity index (χ3n) is 5.70. The molecule has 1 saturated carbocycles. The molecule has 0 aromatic carbocycles. The maximum Gasteiger partial charge on any atom is 0.0589 e. The van der Waals surface area contributed by atoms with E-state index >= 15 is 0 Å². The summed E-state index contributed by atoms with van der Waals surface area (Å²) in [6, 6.07) is 0.648. The molecule has 5 atom stereocenters. The number of hydrogen-bond donors (Lipinski definition) is 1. The third-order valence-corrected chi connectivity index (χ3v) is 5.70. The van der Waals surface area contributed by atoms with Gasteiger partial charge in [0.05, 0.1) is 6.10 Å². The first-order valence-corrected chi connectivity index (χ1v) is 8.02. The highest BCUT2D eigenvalue weighted by Crippen LogP contribution is 2.40. The van der Waals surface area contributed by atoms with Crippen LogP contribution in [0, 0.1) is 11.8 Å². The van der Waals surface area contributed by atoms with Crippen LogP contribution in [0.4, 0.5) is 0 Å². The molecule has 5 unspecified atom stereocenters. The minimum atomic E-state index is 0.182. The van der Waals surface area contributed by atoms with Crippen molar-refractivity contribution in [3.8, 4) is 0 Å². The van der Waals surface area contributed by atoms with Crippen LogP contribution in [-0.2, 0) is 4.74 Å². The van der Waals surface area contributed by atoms with Gasteiger partial charge in [0, 0.05) is 31.8 Å². The predicted octanol–water partition coefficient (Wildman–Crippen LogP) is 2.64. The van der Waals surface area contributed by atoms with Crippen LogP contribution < -0.4 is 5.73 Å². The van der Waals surface area contributed by atoms with E-state index in [4.69, 9.17) is 10.5 Å². The highest BCUT2D eigenvalue weighted by Gasteiger charge is 2.45. The van der Waals surface area contributed by atoms with Gasteiger partial charge in [0.15, 0.2) is 0 Å². The summed E-state index contributed by atoms with van der Waals surface area (Å²) in [6.45, 7) is 9.16. The molecule has 1 heterocycles. The zero-order valence-electron chi connectivity index (χ0n) is 13.2. The Bertz CT molecular complexity index is 296. The van der Waals surface area contributed by atoms with Gasteiger partial charge in [-0.25, -0.2) is 0 Å². The average molecular weight is 268 g/mol. The van der Waals surface area contributed by atoms with Crippen LogP contribution in [0.25, 0.3) is 0 Å². The Morgan fingerprint density at radius 2 is 2.05 bits per heavy atom. The highest BCUT2D eigenvalue weighted by molar-refractivity contribution is 5.01. The molecule has 1 aliphatic carbocycles. The van der Waals surface area contributed by atoms with E-state index < -0.39 is 0 Å². The molecule has 2 fully saturated rings. The largest absolute Gasteiger partial charge is 0.381 e. The van der Waals surface area contributed by atoms with Crippen LogP contribution in [0.5, 0.6) is 0 Å². The summed E-state index contributed by atoms with van der Waals surface area (Å²) in [6.07, 6.45) is 6.56. The molecule has 3 nitrogen and oxygen atoms in total. The summed E-state index contributed by atoms with van der Waals surface area (Å²) in [5.74, 6) is 1.56. The molecule has 0 aromatic heterocycles. The fraction of sp³-hybridized carbons (Fsp3) is 1.00. The predicted molar refractivity (Wildman–Crippen MR) is 80.2 cm³/mol. The van der Waals surface area contributed by atoms with Gasteiger partial charge < -0.3 is 10.5 Å². The minimum Gasteiger partial charge on any atom is -0.381 e. The highest BCUT2D eigenvalue weighted by atomic mass is 16.5. The second kappa shape index (κ2) is 6.11. The molecule has 0 amide bonds. The third kappa shape index (κ3) is 2.98. The molecule has 0 bridgehead atoms. The number of piperidine rings is 1. The van der Waals surface area contributed by atoms with Crippen LogP contribution in [0.3, 0.4) is 0 Å². The van der Waals surface area contributed by atoms with Crippen LogP contribution in [-0.4, -0.2) is 42.8 Å². The van der Waals surface area contributed by atoms with Gasteiger partial charge in [-0.1, -0.05) is 13.8 Å². The Kier molecular flexibility index (Phi) is 4.91. The number of likely N-dealkylation sites (tertiary alicyclic amines) is 1. The second-order valence-corrected chi connectivity index (χ2v) is 7.09. The minimum absolute atomic E-state index is 0.182. The SMILES string of the molecule is COC1CCCC(CN)(N2CC(C)CC(C)C2C)C1. The number of nitrogens with zero attached hydrogens (tertiary/aromatic N) is 1. The number of rotatable bonds is 3. The summed E-state index contributed by atoms with van der Waals surface area (Å²) < 4.78 is 5.65. The number of ether oxygens (including phenoxy) is 1. The Hall–Kier alpha value is -0.120.